The minimum absolute atomic E-state index is 0.224. The predicted octanol–water partition coefficient (Wildman–Crippen LogP) is 4.56. The maximum Gasteiger partial charge on any atom is 0.127 e. The van der Waals surface area contributed by atoms with E-state index in [4.69, 9.17) is 0 Å². The van der Waals surface area contributed by atoms with Crippen molar-refractivity contribution in [3.63, 3.8) is 0 Å². The van der Waals surface area contributed by atoms with E-state index in [0.29, 0.717) is 0 Å². The molecule has 1 N–H and O–H groups in total. The molecule has 0 radical (unpaired) electrons. The molecule has 1 heterocycles. The largest absolute Gasteiger partial charge is 0.345 e. The number of aromatic nitrogens is 2. The molecule has 1 aromatic heterocycles. The second-order valence-electron chi connectivity index (χ2n) is 6.04. The maximum atomic E-state index is 4.33. The fraction of sp³-hybridized carbons (Fsp3) is 0.438. The number of benzene rings is 1. The lowest BCUT2D eigenvalue weighted by Crippen LogP contribution is -2.10. The summed E-state index contributed by atoms with van der Waals surface area (Å²) >= 11 is 3.49. The molecule has 3 heteroatoms. The quantitative estimate of drug-likeness (QED) is 0.882. The summed E-state index contributed by atoms with van der Waals surface area (Å²) in [5.41, 5.74) is 4.15. The van der Waals surface area contributed by atoms with E-state index >= 15 is 0 Å². The molecule has 2 rings (SSSR count). The van der Waals surface area contributed by atoms with E-state index in [9.17, 15) is 0 Å². The van der Waals surface area contributed by atoms with E-state index in [2.05, 4.69) is 70.9 Å². The lowest BCUT2D eigenvalue weighted by molar-refractivity contribution is 0.590. The molecule has 0 aliphatic heterocycles. The lowest BCUT2D eigenvalue weighted by atomic mass is 9.86. The summed E-state index contributed by atoms with van der Waals surface area (Å²) in [5.74, 6) is 0.963. The normalized spacial score (nSPS) is 11.8. The van der Waals surface area contributed by atoms with E-state index < -0.39 is 0 Å². The van der Waals surface area contributed by atoms with Crippen molar-refractivity contribution in [3.8, 4) is 0 Å². The van der Waals surface area contributed by atoms with Gasteiger partial charge in [-0.3, -0.25) is 0 Å². The summed E-state index contributed by atoms with van der Waals surface area (Å²) in [7, 11) is 0. The topological polar surface area (TPSA) is 28.7 Å². The highest BCUT2D eigenvalue weighted by atomic mass is 79.9. The van der Waals surface area contributed by atoms with Crippen molar-refractivity contribution in [2.45, 2.75) is 46.0 Å². The van der Waals surface area contributed by atoms with Gasteiger partial charge in [-0.1, -0.05) is 45.0 Å². The zero-order chi connectivity index (χ0) is 14.0. The van der Waals surface area contributed by atoms with Crippen LogP contribution in [0.4, 0.5) is 0 Å². The number of halogens is 1. The van der Waals surface area contributed by atoms with E-state index in [-0.39, 0.29) is 5.41 Å². The molecular formula is C16H21BrN2. The summed E-state index contributed by atoms with van der Waals surface area (Å²) < 4.78 is 0.941. The van der Waals surface area contributed by atoms with Crippen LogP contribution in [-0.4, -0.2) is 9.97 Å². The monoisotopic (exact) mass is 320 g/mol. The number of aryl methyl sites for hydroxylation is 3. The van der Waals surface area contributed by atoms with Crippen LogP contribution in [0.25, 0.3) is 0 Å². The van der Waals surface area contributed by atoms with Crippen LogP contribution in [0.3, 0.4) is 0 Å². The van der Waals surface area contributed by atoms with Gasteiger partial charge in [0.05, 0.1) is 0 Å². The number of rotatable bonds is 3. The number of hydrogen-bond donors (Lipinski definition) is 1. The van der Waals surface area contributed by atoms with Crippen molar-refractivity contribution < 1.29 is 0 Å². The first-order valence-corrected chi connectivity index (χ1v) is 7.46. The summed E-state index contributed by atoms with van der Waals surface area (Å²) in [6, 6.07) is 8.95. The molecule has 0 amide bonds. The Morgan fingerprint density at radius 2 is 1.74 bits per heavy atom. The molecule has 0 saturated heterocycles. The standard InChI is InChI=1S/C16H21BrN2/c1-11-18-14(15(17)19-11)10-7-12-5-8-13(9-6-12)16(2,3)4/h5-6,8-9H,7,10H2,1-4H3,(H,18,19). The number of H-pyrrole nitrogens is 1. The van der Waals surface area contributed by atoms with Gasteiger partial charge in [0.2, 0.25) is 0 Å². The number of hydrogen-bond acceptors (Lipinski definition) is 1. The van der Waals surface area contributed by atoms with Crippen molar-refractivity contribution in [2.75, 3.05) is 0 Å². The van der Waals surface area contributed by atoms with Gasteiger partial charge in [0.25, 0.3) is 0 Å². The molecule has 102 valence electrons. The van der Waals surface area contributed by atoms with Crippen molar-refractivity contribution in [1.82, 2.24) is 9.97 Å². The Hall–Kier alpha value is -1.09. The van der Waals surface area contributed by atoms with E-state index in [1.54, 1.807) is 0 Å². The first-order valence-electron chi connectivity index (χ1n) is 6.66. The smallest absolute Gasteiger partial charge is 0.127 e. The average Bonchev–Trinajstić information content (AvgIpc) is 2.65. The molecule has 0 fully saturated rings. The molecule has 0 bridgehead atoms. The zero-order valence-corrected chi connectivity index (χ0v) is 13.6. The molecule has 19 heavy (non-hydrogen) atoms. The second-order valence-corrected chi connectivity index (χ2v) is 6.79. The van der Waals surface area contributed by atoms with Gasteiger partial charge < -0.3 is 4.98 Å². The third kappa shape index (κ3) is 3.69. The Balaban J connectivity index is 2.02. The predicted molar refractivity (Wildman–Crippen MR) is 83.6 cm³/mol. The Bertz CT molecular complexity index is 547. The number of nitrogens with one attached hydrogen (secondary N) is 1. The summed E-state index contributed by atoms with van der Waals surface area (Å²) in [5, 5.41) is 0. The van der Waals surface area contributed by atoms with Crippen molar-refractivity contribution in [2.24, 2.45) is 0 Å². The van der Waals surface area contributed by atoms with Crippen LogP contribution in [0.2, 0.25) is 0 Å². The molecule has 0 saturated carbocycles. The van der Waals surface area contributed by atoms with Gasteiger partial charge in [-0.25, -0.2) is 4.98 Å². The summed E-state index contributed by atoms with van der Waals surface area (Å²) in [4.78, 5) is 7.62. The van der Waals surface area contributed by atoms with Gasteiger partial charge in [-0.2, -0.15) is 0 Å². The van der Waals surface area contributed by atoms with Gasteiger partial charge in [0, 0.05) is 5.69 Å². The fourth-order valence-electron chi connectivity index (χ4n) is 2.12. The van der Waals surface area contributed by atoms with Gasteiger partial charge in [-0.15, -0.1) is 0 Å². The second kappa shape index (κ2) is 5.49. The van der Waals surface area contributed by atoms with Crippen molar-refractivity contribution in [1.29, 1.82) is 0 Å². The van der Waals surface area contributed by atoms with Gasteiger partial charge in [-0.05, 0) is 52.2 Å². The SMILES string of the molecule is Cc1nc(Br)c(CCc2ccc(C(C)(C)C)cc2)[nH]1. The van der Waals surface area contributed by atoms with Gasteiger partial charge in [0.15, 0.2) is 0 Å². The highest BCUT2D eigenvalue weighted by molar-refractivity contribution is 9.10. The third-order valence-corrected chi connectivity index (χ3v) is 3.99. The molecule has 0 aliphatic carbocycles. The van der Waals surface area contributed by atoms with Crippen LogP contribution < -0.4 is 0 Å². The molecule has 2 nitrogen and oxygen atoms in total. The molecule has 0 unspecified atom stereocenters. The maximum absolute atomic E-state index is 4.33. The van der Waals surface area contributed by atoms with Gasteiger partial charge >= 0.3 is 0 Å². The van der Waals surface area contributed by atoms with Crippen LogP contribution in [-0.2, 0) is 18.3 Å². The van der Waals surface area contributed by atoms with Gasteiger partial charge in [0.1, 0.15) is 10.4 Å². The molecule has 1 aromatic carbocycles. The van der Waals surface area contributed by atoms with Crippen LogP contribution in [0.1, 0.15) is 43.4 Å². The summed E-state index contributed by atoms with van der Waals surface area (Å²) in [6.07, 6.45) is 2.01. The highest BCUT2D eigenvalue weighted by Gasteiger charge is 2.13. The minimum Gasteiger partial charge on any atom is -0.345 e. The van der Waals surface area contributed by atoms with Crippen molar-refractivity contribution >= 4 is 15.9 Å². The van der Waals surface area contributed by atoms with E-state index in [1.165, 1.54) is 16.8 Å². The lowest BCUT2D eigenvalue weighted by Gasteiger charge is -2.19. The minimum atomic E-state index is 0.224. The molecule has 0 aliphatic rings. The van der Waals surface area contributed by atoms with Crippen molar-refractivity contribution in [3.05, 3.63) is 51.5 Å². The zero-order valence-electron chi connectivity index (χ0n) is 12.0. The number of imidazole rings is 1. The molecular weight excluding hydrogens is 300 g/mol. The van der Waals surface area contributed by atoms with E-state index in [0.717, 1.165) is 23.3 Å². The van der Waals surface area contributed by atoms with Crippen LogP contribution in [0.5, 0.6) is 0 Å². The first kappa shape index (κ1) is 14.3. The Labute approximate surface area is 123 Å². The third-order valence-electron chi connectivity index (χ3n) is 3.33. The van der Waals surface area contributed by atoms with Crippen LogP contribution in [0, 0.1) is 6.92 Å². The molecule has 0 spiro atoms. The molecule has 0 atom stereocenters. The Morgan fingerprint density at radius 3 is 2.21 bits per heavy atom. The summed E-state index contributed by atoms with van der Waals surface area (Å²) in [6.45, 7) is 8.71. The number of nitrogens with zero attached hydrogens (tertiary/aromatic N) is 1. The first-order chi connectivity index (χ1) is 8.86. The highest BCUT2D eigenvalue weighted by Crippen LogP contribution is 2.23. The van der Waals surface area contributed by atoms with Crippen LogP contribution in [0.15, 0.2) is 28.9 Å². The number of aromatic amines is 1. The van der Waals surface area contributed by atoms with E-state index in [1.807, 2.05) is 6.92 Å². The Kier molecular flexibility index (Phi) is 4.14. The average molecular weight is 321 g/mol. The van der Waals surface area contributed by atoms with Crippen LogP contribution >= 0.6 is 15.9 Å². The Morgan fingerprint density at radius 1 is 1.11 bits per heavy atom. The molecule has 2 aromatic rings. The fourth-order valence-corrected chi connectivity index (χ4v) is 2.68.